The number of nitrogens with zero attached hydrogens (tertiary/aromatic N) is 2. The Hall–Kier alpha value is -2.70. The fourth-order valence-electron chi connectivity index (χ4n) is 14.3. The van der Waals surface area contributed by atoms with Crippen LogP contribution < -0.4 is 9.47 Å². The minimum absolute atomic E-state index is 0.0978. The second-order valence-corrected chi connectivity index (χ2v) is 20.9. The summed E-state index contributed by atoms with van der Waals surface area (Å²) in [6.07, 6.45) is 31.0. The number of likely N-dealkylation sites (tertiary alicyclic amines) is 2. The van der Waals surface area contributed by atoms with Gasteiger partial charge in [0.05, 0.1) is 0 Å². The highest BCUT2D eigenvalue weighted by atomic mass is 16.5. The topological polar surface area (TPSA) is 59.1 Å². The van der Waals surface area contributed by atoms with E-state index in [0.29, 0.717) is 24.9 Å². The molecule has 6 atom stereocenters. The molecule has 6 heteroatoms. The molecule has 0 radical (unpaired) electrons. The van der Waals surface area contributed by atoms with Crippen LogP contribution in [-0.4, -0.2) is 60.0 Å². The lowest BCUT2D eigenvalue weighted by Gasteiger charge is -2.59. The van der Waals surface area contributed by atoms with Gasteiger partial charge in [0.15, 0.2) is 0 Å². The molecule has 0 N–H and O–H groups in total. The molecule has 4 bridgehead atoms. The number of esters is 2. The molecule has 6 unspecified atom stereocenters. The van der Waals surface area contributed by atoms with Gasteiger partial charge in [-0.15, -0.1) is 0 Å². The van der Waals surface area contributed by atoms with Crippen LogP contribution >= 0.6 is 0 Å². The maximum Gasteiger partial charge on any atom is 0.311 e. The van der Waals surface area contributed by atoms with Gasteiger partial charge in [-0.2, -0.15) is 0 Å². The van der Waals surface area contributed by atoms with Gasteiger partial charge in [-0.05, 0) is 173 Å². The van der Waals surface area contributed by atoms with Crippen molar-refractivity contribution < 1.29 is 19.1 Å². The van der Waals surface area contributed by atoms with Gasteiger partial charge in [0.1, 0.15) is 11.5 Å². The predicted molar refractivity (Wildman–Crippen MR) is 230 cm³/mol. The molecule has 6 nitrogen and oxygen atoms in total. The number of hydrogen-bond donors (Lipinski definition) is 0. The van der Waals surface area contributed by atoms with Crippen LogP contribution in [0.3, 0.4) is 0 Å². The smallest absolute Gasteiger partial charge is 0.311 e. The van der Waals surface area contributed by atoms with Crippen molar-refractivity contribution in [2.45, 2.75) is 190 Å². The molecule has 0 spiro atoms. The fourth-order valence-corrected chi connectivity index (χ4v) is 14.3. The number of carbonyl (C=O) groups is 2. The van der Waals surface area contributed by atoms with Crippen LogP contribution in [0.2, 0.25) is 0 Å². The van der Waals surface area contributed by atoms with Gasteiger partial charge in [-0.1, -0.05) is 76.3 Å². The molecule has 2 heterocycles. The van der Waals surface area contributed by atoms with E-state index < -0.39 is 0 Å². The van der Waals surface area contributed by atoms with Gasteiger partial charge in [-0.25, -0.2) is 0 Å². The van der Waals surface area contributed by atoms with Crippen molar-refractivity contribution >= 4 is 11.9 Å². The third-order valence-corrected chi connectivity index (χ3v) is 17.8. The minimum Gasteiger partial charge on any atom is -0.427 e. The van der Waals surface area contributed by atoms with Crippen molar-refractivity contribution in [3.05, 3.63) is 58.7 Å². The number of ether oxygens (including phenoxy) is 2. The Kier molecular flexibility index (Phi) is 11.5. The largest absolute Gasteiger partial charge is 0.427 e. The van der Waals surface area contributed by atoms with Crippen LogP contribution in [0.5, 0.6) is 11.5 Å². The standard InChI is InChI=1S/C52H72N2O4/c55-49(57-41-23-21-39-31-47-43-17-7-9-25-51(43,45(39)33-41)27-29-53(47)35-37-13-11-14-37)19-5-3-1-2-4-6-20-50(56)58-42-24-22-40-32-48-44-18-8-10-26-52(44,46(40)34-42)28-30-54(48)36-38-15-12-16-38/h21-24,33-34,37-38,43-44,47-48H,1-20,25-32,35-36H2. The highest BCUT2D eigenvalue weighted by Gasteiger charge is 2.55. The fraction of sp³-hybridized carbons (Fsp3) is 0.731. The molecule has 2 aromatic carbocycles. The molecule has 58 heavy (non-hydrogen) atoms. The molecule has 8 aliphatic rings. The van der Waals surface area contributed by atoms with E-state index in [1.807, 2.05) is 0 Å². The first-order chi connectivity index (χ1) is 28.5. The highest BCUT2D eigenvalue weighted by Crippen LogP contribution is 2.58. The highest BCUT2D eigenvalue weighted by molar-refractivity contribution is 5.73. The Labute approximate surface area is 349 Å². The normalized spacial score (nSPS) is 31.8. The zero-order valence-electron chi connectivity index (χ0n) is 35.7. The van der Waals surface area contributed by atoms with E-state index in [1.165, 1.54) is 164 Å². The Bertz CT molecular complexity index is 1670. The molecule has 10 rings (SSSR count). The van der Waals surface area contributed by atoms with Gasteiger partial charge in [0, 0.05) is 48.8 Å². The molecule has 6 aliphatic carbocycles. The lowest BCUT2D eigenvalue weighted by atomic mass is 9.52. The summed E-state index contributed by atoms with van der Waals surface area (Å²) in [6, 6.07) is 14.7. The third-order valence-electron chi connectivity index (χ3n) is 17.8. The summed E-state index contributed by atoms with van der Waals surface area (Å²) in [5, 5.41) is 0. The van der Waals surface area contributed by atoms with Gasteiger partial charge >= 0.3 is 11.9 Å². The molecule has 2 aliphatic heterocycles. The summed E-state index contributed by atoms with van der Waals surface area (Å²) in [6.45, 7) is 5.10. The van der Waals surface area contributed by atoms with Gasteiger partial charge in [0.25, 0.3) is 0 Å². The van der Waals surface area contributed by atoms with Crippen LogP contribution in [0.15, 0.2) is 36.4 Å². The Balaban J connectivity index is 0.649. The molecule has 2 aromatic rings. The van der Waals surface area contributed by atoms with E-state index in [-0.39, 0.29) is 22.8 Å². The molecular formula is C52H72N2O4. The Morgan fingerprint density at radius 2 is 0.983 bits per heavy atom. The number of unbranched alkanes of at least 4 members (excludes halogenated alkanes) is 5. The van der Waals surface area contributed by atoms with Crippen LogP contribution in [0.25, 0.3) is 0 Å². The van der Waals surface area contributed by atoms with Gasteiger partial charge in [0.2, 0.25) is 0 Å². The van der Waals surface area contributed by atoms with Crippen molar-refractivity contribution in [1.82, 2.24) is 9.80 Å². The molecule has 2 saturated heterocycles. The second kappa shape index (κ2) is 17.0. The van der Waals surface area contributed by atoms with E-state index in [1.54, 1.807) is 0 Å². The first kappa shape index (κ1) is 39.4. The van der Waals surface area contributed by atoms with Crippen LogP contribution in [0.1, 0.15) is 176 Å². The maximum atomic E-state index is 13.0. The Morgan fingerprint density at radius 3 is 1.41 bits per heavy atom. The van der Waals surface area contributed by atoms with Crippen molar-refractivity contribution in [1.29, 1.82) is 0 Å². The molecule has 4 saturated carbocycles. The SMILES string of the molecule is O=C(CCCCCCCCC(=O)Oc1ccc2c(c1)C13CCCCC1C(C2)N(CC1CCC1)CC3)Oc1ccc2c(c1)C13CCCCC1C(C2)N(CC1CCC1)CC3. The quantitative estimate of drug-likeness (QED) is 0.102. The number of piperidine rings is 2. The average Bonchev–Trinajstić information content (AvgIpc) is 3.20. The van der Waals surface area contributed by atoms with E-state index in [4.69, 9.17) is 9.47 Å². The monoisotopic (exact) mass is 789 g/mol. The van der Waals surface area contributed by atoms with E-state index in [9.17, 15) is 9.59 Å². The number of carbonyl (C=O) groups excluding carboxylic acids is 2. The maximum absolute atomic E-state index is 13.0. The summed E-state index contributed by atoms with van der Waals surface area (Å²) in [5.41, 5.74) is 6.61. The number of rotatable bonds is 15. The van der Waals surface area contributed by atoms with E-state index in [2.05, 4.69) is 46.2 Å². The first-order valence-electron chi connectivity index (χ1n) is 24.6. The second-order valence-electron chi connectivity index (χ2n) is 20.9. The average molecular weight is 789 g/mol. The summed E-state index contributed by atoms with van der Waals surface area (Å²) in [4.78, 5) is 31.8. The third kappa shape index (κ3) is 7.62. The number of hydrogen-bond acceptors (Lipinski definition) is 6. The molecule has 0 amide bonds. The Morgan fingerprint density at radius 1 is 0.534 bits per heavy atom. The molecule has 314 valence electrons. The van der Waals surface area contributed by atoms with E-state index in [0.717, 1.165) is 73.7 Å². The molecule has 0 aromatic heterocycles. The van der Waals surface area contributed by atoms with Gasteiger partial charge in [-0.3, -0.25) is 19.4 Å². The summed E-state index contributed by atoms with van der Waals surface area (Å²) < 4.78 is 12.0. The van der Waals surface area contributed by atoms with Gasteiger partial charge < -0.3 is 9.47 Å². The predicted octanol–water partition coefficient (Wildman–Crippen LogP) is 11.0. The van der Waals surface area contributed by atoms with Crippen molar-refractivity contribution in [2.75, 3.05) is 26.2 Å². The molecule has 6 fully saturated rings. The van der Waals surface area contributed by atoms with Crippen LogP contribution in [0, 0.1) is 23.7 Å². The zero-order valence-corrected chi connectivity index (χ0v) is 35.7. The number of fused-ring (bicyclic) bond motifs is 2. The molecular weight excluding hydrogens is 717 g/mol. The van der Waals surface area contributed by atoms with Crippen LogP contribution in [-0.2, 0) is 33.3 Å². The van der Waals surface area contributed by atoms with E-state index >= 15 is 0 Å². The summed E-state index contributed by atoms with van der Waals surface area (Å²) in [7, 11) is 0. The lowest BCUT2D eigenvalue weighted by molar-refractivity contribution is -0.135. The minimum atomic E-state index is -0.0978. The summed E-state index contributed by atoms with van der Waals surface area (Å²) in [5.74, 6) is 4.68. The van der Waals surface area contributed by atoms with Crippen molar-refractivity contribution in [3.63, 3.8) is 0 Å². The lowest BCUT2D eigenvalue weighted by Crippen LogP contribution is -2.61. The van der Waals surface area contributed by atoms with Crippen LogP contribution in [0.4, 0.5) is 0 Å². The van der Waals surface area contributed by atoms with Crippen molar-refractivity contribution in [3.8, 4) is 11.5 Å². The van der Waals surface area contributed by atoms with Crippen molar-refractivity contribution in [2.24, 2.45) is 23.7 Å². The number of benzene rings is 2. The summed E-state index contributed by atoms with van der Waals surface area (Å²) >= 11 is 0. The first-order valence-corrected chi connectivity index (χ1v) is 24.6. The zero-order chi connectivity index (χ0) is 39.1.